The molecule has 3 N–H and O–H groups in total. The van der Waals surface area contributed by atoms with E-state index in [2.05, 4.69) is 17.4 Å². The van der Waals surface area contributed by atoms with Gasteiger partial charge in [-0.05, 0) is 44.7 Å². The summed E-state index contributed by atoms with van der Waals surface area (Å²) in [6.45, 7) is 6.06. The van der Waals surface area contributed by atoms with Gasteiger partial charge in [0.15, 0.2) is 0 Å². The largest absolute Gasteiger partial charge is 0.466 e. The zero-order chi connectivity index (χ0) is 14.0. The summed E-state index contributed by atoms with van der Waals surface area (Å²) >= 11 is 0. The van der Waals surface area contributed by atoms with Crippen molar-refractivity contribution in [3.63, 3.8) is 0 Å². The van der Waals surface area contributed by atoms with E-state index in [0.717, 1.165) is 24.4 Å². The highest BCUT2D eigenvalue weighted by molar-refractivity contribution is 5.34. The maximum atomic E-state index is 5.71. The van der Waals surface area contributed by atoms with Crippen LogP contribution in [0.15, 0.2) is 16.8 Å². The topological polar surface area (TPSA) is 69.0 Å². The standard InChI is InChI=1S/C14H22N4O/c1-9-10(2)19-11(3)14(9)13(17-15)6-5-12-7-16-18(4)8-12/h7-8,13,17H,5-6,15H2,1-4H3. The lowest BCUT2D eigenvalue weighted by molar-refractivity contribution is 0.474. The van der Waals surface area contributed by atoms with Crippen molar-refractivity contribution in [2.45, 2.75) is 39.7 Å². The molecule has 0 aliphatic heterocycles. The van der Waals surface area contributed by atoms with Crippen LogP contribution in [0.3, 0.4) is 0 Å². The summed E-state index contributed by atoms with van der Waals surface area (Å²) in [6.07, 6.45) is 5.79. The Hall–Kier alpha value is -1.59. The molecule has 2 aromatic heterocycles. The summed E-state index contributed by atoms with van der Waals surface area (Å²) in [4.78, 5) is 0. The zero-order valence-corrected chi connectivity index (χ0v) is 12.0. The molecule has 0 saturated carbocycles. The fraction of sp³-hybridized carbons (Fsp3) is 0.500. The van der Waals surface area contributed by atoms with Gasteiger partial charge < -0.3 is 4.42 Å². The second-order valence-corrected chi connectivity index (χ2v) is 5.03. The first-order valence-corrected chi connectivity index (χ1v) is 6.53. The summed E-state index contributed by atoms with van der Waals surface area (Å²) < 4.78 is 7.49. The van der Waals surface area contributed by atoms with E-state index in [1.165, 1.54) is 16.7 Å². The first-order chi connectivity index (χ1) is 9.02. The number of nitrogens with zero attached hydrogens (tertiary/aromatic N) is 2. The van der Waals surface area contributed by atoms with Gasteiger partial charge in [-0.1, -0.05) is 0 Å². The number of hydrazine groups is 1. The minimum Gasteiger partial charge on any atom is -0.466 e. The molecule has 0 fully saturated rings. The predicted octanol–water partition coefficient (Wildman–Crippen LogP) is 2.08. The molecular weight excluding hydrogens is 240 g/mol. The Morgan fingerprint density at radius 1 is 1.37 bits per heavy atom. The van der Waals surface area contributed by atoms with Crippen LogP contribution in [0.25, 0.3) is 0 Å². The maximum absolute atomic E-state index is 5.71. The molecule has 0 amide bonds. The van der Waals surface area contributed by atoms with Gasteiger partial charge in [-0.3, -0.25) is 16.0 Å². The third kappa shape index (κ3) is 2.88. The van der Waals surface area contributed by atoms with E-state index < -0.39 is 0 Å². The van der Waals surface area contributed by atoms with Crippen LogP contribution in [0, 0.1) is 20.8 Å². The van der Waals surface area contributed by atoms with Crippen molar-refractivity contribution in [2.75, 3.05) is 0 Å². The van der Waals surface area contributed by atoms with Crippen molar-refractivity contribution in [3.05, 3.63) is 40.6 Å². The number of nitrogens with two attached hydrogens (primary N) is 1. The second-order valence-electron chi connectivity index (χ2n) is 5.03. The Balaban J connectivity index is 2.12. The van der Waals surface area contributed by atoms with Crippen LogP contribution in [-0.2, 0) is 13.5 Å². The summed E-state index contributed by atoms with van der Waals surface area (Å²) in [5.41, 5.74) is 6.49. The highest BCUT2D eigenvalue weighted by atomic mass is 16.3. The average molecular weight is 262 g/mol. The summed E-state index contributed by atoms with van der Waals surface area (Å²) in [5, 5.41) is 4.18. The number of hydrogen-bond donors (Lipinski definition) is 2. The summed E-state index contributed by atoms with van der Waals surface area (Å²) in [6, 6.07) is 0.109. The van der Waals surface area contributed by atoms with Crippen LogP contribution in [0.5, 0.6) is 0 Å². The summed E-state index contributed by atoms with van der Waals surface area (Å²) in [7, 11) is 1.93. The lowest BCUT2D eigenvalue weighted by Crippen LogP contribution is -2.29. The van der Waals surface area contributed by atoms with Gasteiger partial charge in [-0.15, -0.1) is 0 Å². The molecule has 2 rings (SSSR count). The van der Waals surface area contributed by atoms with Gasteiger partial charge in [-0.2, -0.15) is 5.10 Å². The van der Waals surface area contributed by atoms with E-state index >= 15 is 0 Å². The molecule has 1 unspecified atom stereocenters. The molecule has 0 radical (unpaired) electrons. The lowest BCUT2D eigenvalue weighted by Gasteiger charge is -2.16. The first kappa shape index (κ1) is 13.8. The molecule has 5 heteroatoms. The molecule has 0 bridgehead atoms. The molecule has 0 saturated heterocycles. The van der Waals surface area contributed by atoms with Gasteiger partial charge in [-0.25, -0.2) is 0 Å². The molecule has 2 aromatic rings. The van der Waals surface area contributed by atoms with Crippen LogP contribution >= 0.6 is 0 Å². The van der Waals surface area contributed by atoms with Crippen LogP contribution in [0.2, 0.25) is 0 Å². The van der Waals surface area contributed by atoms with E-state index in [4.69, 9.17) is 10.3 Å². The van der Waals surface area contributed by atoms with E-state index in [0.29, 0.717) is 0 Å². The molecule has 0 aliphatic carbocycles. The van der Waals surface area contributed by atoms with Gasteiger partial charge >= 0.3 is 0 Å². The van der Waals surface area contributed by atoms with Crippen molar-refractivity contribution in [1.29, 1.82) is 0 Å². The highest BCUT2D eigenvalue weighted by Crippen LogP contribution is 2.29. The van der Waals surface area contributed by atoms with Crippen molar-refractivity contribution in [1.82, 2.24) is 15.2 Å². The third-order valence-electron chi connectivity index (χ3n) is 3.65. The van der Waals surface area contributed by atoms with Crippen molar-refractivity contribution in [2.24, 2.45) is 12.9 Å². The van der Waals surface area contributed by atoms with Crippen LogP contribution < -0.4 is 11.3 Å². The molecule has 104 valence electrons. The molecule has 19 heavy (non-hydrogen) atoms. The van der Waals surface area contributed by atoms with Gasteiger partial charge in [0, 0.05) is 24.8 Å². The number of aromatic nitrogens is 2. The minimum atomic E-state index is 0.109. The highest BCUT2D eigenvalue weighted by Gasteiger charge is 2.20. The Bertz CT molecular complexity index is 556. The van der Waals surface area contributed by atoms with Gasteiger partial charge in [0.05, 0.1) is 6.20 Å². The molecule has 0 spiro atoms. The summed E-state index contributed by atoms with van der Waals surface area (Å²) in [5.74, 6) is 7.62. The van der Waals surface area contributed by atoms with E-state index in [-0.39, 0.29) is 6.04 Å². The number of rotatable bonds is 5. The monoisotopic (exact) mass is 262 g/mol. The zero-order valence-electron chi connectivity index (χ0n) is 12.0. The quantitative estimate of drug-likeness (QED) is 0.639. The first-order valence-electron chi connectivity index (χ1n) is 6.53. The van der Waals surface area contributed by atoms with Crippen LogP contribution in [0.4, 0.5) is 0 Å². The Kier molecular flexibility index (Phi) is 4.07. The Morgan fingerprint density at radius 2 is 2.11 bits per heavy atom. The SMILES string of the molecule is Cc1oc(C)c(C(CCc2cnn(C)c2)NN)c1C. The van der Waals surface area contributed by atoms with E-state index in [1.54, 1.807) is 0 Å². The lowest BCUT2D eigenvalue weighted by atomic mass is 9.97. The second kappa shape index (κ2) is 5.59. The van der Waals surface area contributed by atoms with Crippen LogP contribution in [-0.4, -0.2) is 9.78 Å². The number of nitrogens with one attached hydrogen (secondary N) is 1. The molecule has 5 nitrogen and oxygen atoms in total. The van der Waals surface area contributed by atoms with Crippen molar-refractivity contribution in [3.8, 4) is 0 Å². The average Bonchev–Trinajstić information content (AvgIpc) is 2.88. The maximum Gasteiger partial charge on any atom is 0.106 e. The van der Waals surface area contributed by atoms with E-state index in [9.17, 15) is 0 Å². The Morgan fingerprint density at radius 3 is 2.58 bits per heavy atom. The van der Waals surface area contributed by atoms with Gasteiger partial charge in [0.1, 0.15) is 11.5 Å². The predicted molar refractivity (Wildman–Crippen MR) is 74.5 cm³/mol. The fourth-order valence-corrected chi connectivity index (χ4v) is 2.54. The number of aryl methyl sites for hydroxylation is 4. The molecule has 0 aliphatic rings. The van der Waals surface area contributed by atoms with Gasteiger partial charge in [0.25, 0.3) is 0 Å². The van der Waals surface area contributed by atoms with Crippen LogP contribution in [0.1, 0.15) is 40.7 Å². The van der Waals surface area contributed by atoms with Crippen molar-refractivity contribution < 1.29 is 4.42 Å². The Labute approximate surface area is 113 Å². The smallest absolute Gasteiger partial charge is 0.106 e. The molecular formula is C14H22N4O. The number of hydrogen-bond acceptors (Lipinski definition) is 4. The molecule has 0 aromatic carbocycles. The fourth-order valence-electron chi connectivity index (χ4n) is 2.54. The molecule has 1 atom stereocenters. The van der Waals surface area contributed by atoms with E-state index in [1.807, 2.05) is 38.0 Å². The third-order valence-corrected chi connectivity index (χ3v) is 3.65. The number of furan rings is 1. The minimum absolute atomic E-state index is 0.109. The van der Waals surface area contributed by atoms with Crippen molar-refractivity contribution >= 4 is 0 Å². The van der Waals surface area contributed by atoms with Gasteiger partial charge in [0.2, 0.25) is 0 Å². The normalized spacial score (nSPS) is 12.9. The molecule has 2 heterocycles.